The largest absolute Gasteiger partial charge is 0.376 e. The van der Waals surface area contributed by atoms with Crippen LogP contribution in [0.2, 0.25) is 0 Å². The Morgan fingerprint density at radius 1 is 1.57 bits per heavy atom. The quantitative estimate of drug-likeness (QED) is 0.815. The summed E-state index contributed by atoms with van der Waals surface area (Å²) in [4.78, 5) is 1.31. The van der Waals surface area contributed by atoms with Crippen LogP contribution in [0.5, 0.6) is 0 Å². The molecule has 2 N–H and O–H groups in total. The van der Waals surface area contributed by atoms with Gasteiger partial charge in [-0.05, 0) is 17.9 Å². The molecule has 0 spiro atoms. The van der Waals surface area contributed by atoms with Crippen molar-refractivity contribution in [1.29, 1.82) is 0 Å². The normalized spacial score (nSPS) is 24.8. The molecule has 1 saturated heterocycles. The van der Waals surface area contributed by atoms with Gasteiger partial charge >= 0.3 is 0 Å². The molecule has 0 amide bonds. The average Bonchev–Trinajstić information content (AvgIpc) is 2.72. The van der Waals surface area contributed by atoms with E-state index in [2.05, 4.69) is 11.4 Å². The third-order valence-electron chi connectivity index (χ3n) is 2.34. The first-order chi connectivity index (χ1) is 6.86. The van der Waals surface area contributed by atoms with E-state index in [1.54, 1.807) is 11.3 Å². The molecule has 1 aromatic heterocycles. The number of thiophene rings is 1. The van der Waals surface area contributed by atoms with Gasteiger partial charge in [0.1, 0.15) is 0 Å². The molecule has 4 heteroatoms. The molecule has 3 nitrogen and oxygen atoms in total. The van der Waals surface area contributed by atoms with Crippen LogP contribution in [0.1, 0.15) is 4.88 Å². The van der Waals surface area contributed by atoms with Gasteiger partial charge in [-0.15, -0.1) is 11.3 Å². The lowest BCUT2D eigenvalue weighted by molar-refractivity contribution is -0.0966. The fourth-order valence-corrected chi connectivity index (χ4v) is 2.32. The van der Waals surface area contributed by atoms with Crippen LogP contribution in [0.4, 0.5) is 0 Å². The standard InChI is InChI=1S/C10H15NO2S/c11-9(6-8-2-1-5-14-8)10-7-12-3-4-13-10/h1-2,5,9-10H,3-4,6-7,11H2. The number of hydrogen-bond acceptors (Lipinski definition) is 4. The van der Waals surface area contributed by atoms with Gasteiger partial charge in [-0.2, -0.15) is 0 Å². The van der Waals surface area contributed by atoms with Gasteiger partial charge in [0, 0.05) is 10.9 Å². The van der Waals surface area contributed by atoms with E-state index in [4.69, 9.17) is 15.2 Å². The lowest BCUT2D eigenvalue weighted by Gasteiger charge is -2.27. The molecule has 0 aromatic carbocycles. The zero-order valence-corrected chi connectivity index (χ0v) is 8.83. The maximum absolute atomic E-state index is 6.04. The molecule has 2 heterocycles. The summed E-state index contributed by atoms with van der Waals surface area (Å²) in [5.74, 6) is 0. The topological polar surface area (TPSA) is 44.5 Å². The van der Waals surface area contributed by atoms with Gasteiger partial charge in [0.25, 0.3) is 0 Å². The lowest BCUT2D eigenvalue weighted by Crippen LogP contribution is -2.44. The van der Waals surface area contributed by atoms with Gasteiger partial charge in [0.2, 0.25) is 0 Å². The second-order valence-corrected chi connectivity index (χ2v) is 4.46. The molecule has 1 aliphatic heterocycles. The summed E-state index contributed by atoms with van der Waals surface area (Å²) in [6, 6.07) is 4.20. The predicted molar refractivity (Wildman–Crippen MR) is 56.6 cm³/mol. The van der Waals surface area contributed by atoms with E-state index in [9.17, 15) is 0 Å². The smallest absolute Gasteiger partial charge is 0.0963 e. The van der Waals surface area contributed by atoms with Gasteiger partial charge in [-0.1, -0.05) is 6.07 Å². The molecule has 2 atom stereocenters. The molecule has 14 heavy (non-hydrogen) atoms. The molecule has 0 saturated carbocycles. The minimum absolute atomic E-state index is 0.0500. The van der Waals surface area contributed by atoms with Gasteiger partial charge in [-0.3, -0.25) is 0 Å². The van der Waals surface area contributed by atoms with Crippen LogP contribution in [0, 0.1) is 0 Å². The third-order valence-corrected chi connectivity index (χ3v) is 3.23. The molecule has 2 rings (SSSR count). The molecule has 0 radical (unpaired) electrons. The minimum Gasteiger partial charge on any atom is -0.376 e. The first-order valence-electron chi connectivity index (χ1n) is 4.83. The fourth-order valence-electron chi connectivity index (χ4n) is 1.55. The Kier molecular flexibility index (Phi) is 3.53. The van der Waals surface area contributed by atoms with Crippen molar-refractivity contribution >= 4 is 11.3 Å². The van der Waals surface area contributed by atoms with Gasteiger partial charge < -0.3 is 15.2 Å². The molecule has 0 aliphatic carbocycles. The molecule has 0 bridgehead atoms. The molecular formula is C10H15NO2S. The molecule has 1 fully saturated rings. The highest BCUT2D eigenvalue weighted by Crippen LogP contribution is 2.14. The molecule has 2 unspecified atom stereocenters. The fraction of sp³-hybridized carbons (Fsp3) is 0.600. The summed E-state index contributed by atoms with van der Waals surface area (Å²) >= 11 is 1.74. The average molecular weight is 213 g/mol. The van der Waals surface area contributed by atoms with E-state index in [0.717, 1.165) is 6.42 Å². The van der Waals surface area contributed by atoms with Crippen LogP contribution in [-0.2, 0) is 15.9 Å². The van der Waals surface area contributed by atoms with Crippen molar-refractivity contribution in [3.8, 4) is 0 Å². The zero-order valence-electron chi connectivity index (χ0n) is 8.02. The SMILES string of the molecule is NC(Cc1cccs1)C1COCCO1. The maximum atomic E-state index is 6.04. The Hall–Kier alpha value is -0.420. The first kappa shape index (κ1) is 10.1. The Labute approximate surface area is 87.8 Å². The third kappa shape index (κ3) is 2.54. The monoisotopic (exact) mass is 213 g/mol. The van der Waals surface area contributed by atoms with Crippen molar-refractivity contribution < 1.29 is 9.47 Å². The van der Waals surface area contributed by atoms with E-state index in [1.165, 1.54) is 4.88 Å². The molecular weight excluding hydrogens is 198 g/mol. The summed E-state index contributed by atoms with van der Waals surface area (Å²) in [5.41, 5.74) is 6.04. The van der Waals surface area contributed by atoms with Crippen LogP contribution in [-0.4, -0.2) is 32.0 Å². The molecule has 1 aliphatic rings. The van der Waals surface area contributed by atoms with Crippen LogP contribution in [0.3, 0.4) is 0 Å². The van der Waals surface area contributed by atoms with Crippen molar-refractivity contribution in [3.63, 3.8) is 0 Å². The van der Waals surface area contributed by atoms with Crippen molar-refractivity contribution in [3.05, 3.63) is 22.4 Å². The highest BCUT2D eigenvalue weighted by Gasteiger charge is 2.22. The maximum Gasteiger partial charge on any atom is 0.0963 e. The van der Waals surface area contributed by atoms with Gasteiger partial charge in [0.05, 0.1) is 25.9 Å². The highest BCUT2D eigenvalue weighted by atomic mass is 32.1. The van der Waals surface area contributed by atoms with Crippen LogP contribution in [0.15, 0.2) is 17.5 Å². The Balaban J connectivity index is 1.85. The van der Waals surface area contributed by atoms with Crippen LogP contribution >= 0.6 is 11.3 Å². The van der Waals surface area contributed by atoms with E-state index in [-0.39, 0.29) is 12.1 Å². The summed E-state index contributed by atoms with van der Waals surface area (Å²) in [5, 5.41) is 2.07. The zero-order chi connectivity index (χ0) is 9.80. The summed E-state index contributed by atoms with van der Waals surface area (Å²) in [6.07, 6.45) is 0.942. The van der Waals surface area contributed by atoms with Crippen LogP contribution in [0.25, 0.3) is 0 Å². The lowest BCUT2D eigenvalue weighted by atomic mass is 10.1. The predicted octanol–water partition coefficient (Wildman–Crippen LogP) is 1.03. The minimum atomic E-state index is 0.0500. The highest BCUT2D eigenvalue weighted by molar-refractivity contribution is 7.09. The first-order valence-corrected chi connectivity index (χ1v) is 5.71. The van der Waals surface area contributed by atoms with Gasteiger partial charge in [-0.25, -0.2) is 0 Å². The van der Waals surface area contributed by atoms with E-state index in [0.29, 0.717) is 19.8 Å². The Bertz CT molecular complexity index is 257. The van der Waals surface area contributed by atoms with E-state index >= 15 is 0 Å². The molecule has 1 aromatic rings. The van der Waals surface area contributed by atoms with Crippen molar-refractivity contribution in [2.75, 3.05) is 19.8 Å². The Morgan fingerprint density at radius 2 is 2.50 bits per heavy atom. The van der Waals surface area contributed by atoms with Crippen molar-refractivity contribution in [2.24, 2.45) is 5.73 Å². The summed E-state index contributed by atoms with van der Waals surface area (Å²) in [6.45, 7) is 2.00. The van der Waals surface area contributed by atoms with Gasteiger partial charge in [0.15, 0.2) is 0 Å². The number of ether oxygens (including phenoxy) is 2. The number of hydrogen-bond donors (Lipinski definition) is 1. The number of nitrogens with two attached hydrogens (primary N) is 1. The summed E-state index contributed by atoms with van der Waals surface area (Å²) in [7, 11) is 0. The van der Waals surface area contributed by atoms with E-state index < -0.39 is 0 Å². The van der Waals surface area contributed by atoms with E-state index in [1.807, 2.05) is 6.07 Å². The number of rotatable bonds is 3. The van der Waals surface area contributed by atoms with Crippen LogP contribution < -0.4 is 5.73 Å². The van der Waals surface area contributed by atoms with Crippen molar-refractivity contribution in [2.45, 2.75) is 18.6 Å². The second kappa shape index (κ2) is 4.89. The summed E-state index contributed by atoms with van der Waals surface area (Å²) < 4.78 is 10.9. The molecule has 78 valence electrons. The Morgan fingerprint density at radius 3 is 3.14 bits per heavy atom. The van der Waals surface area contributed by atoms with Crippen molar-refractivity contribution in [1.82, 2.24) is 0 Å². The second-order valence-electron chi connectivity index (χ2n) is 3.43.